The van der Waals surface area contributed by atoms with Gasteiger partial charge in [-0.3, -0.25) is 9.59 Å². The summed E-state index contributed by atoms with van der Waals surface area (Å²) in [4.78, 5) is 26.0. The maximum absolute atomic E-state index is 11.3. The summed E-state index contributed by atoms with van der Waals surface area (Å²) in [6, 6.07) is 0. The predicted molar refractivity (Wildman–Crippen MR) is 59.0 cm³/mol. The Balaban J connectivity index is 3.28. The lowest BCUT2D eigenvalue weighted by Gasteiger charge is -2.14. The number of aromatic nitrogens is 2. The minimum absolute atomic E-state index is 0.0131. The van der Waals surface area contributed by atoms with Crippen molar-refractivity contribution in [3.8, 4) is 0 Å². The van der Waals surface area contributed by atoms with Crippen molar-refractivity contribution in [3.05, 3.63) is 23.2 Å². The highest BCUT2D eigenvalue weighted by Crippen LogP contribution is 2.27. The van der Waals surface area contributed by atoms with Crippen LogP contribution in [0.3, 0.4) is 0 Å². The second-order valence-electron chi connectivity index (χ2n) is 3.00. The molecule has 0 amide bonds. The number of nitrogens with zero attached hydrogens (tertiary/aromatic N) is 2. The van der Waals surface area contributed by atoms with E-state index in [4.69, 9.17) is 28.3 Å². The van der Waals surface area contributed by atoms with E-state index in [1.165, 1.54) is 23.3 Å². The first kappa shape index (κ1) is 12.7. The van der Waals surface area contributed by atoms with Crippen molar-refractivity contribution >= 4 is 40.7 Å². The first-order chi connectivity index (χ1) is 7.45. The molecule has 1 aromatic heterocycles. The van der Waals surface area contributed by atoms with Crippen LogP contribution in [0.25, 0.3) is 5.70 Å². The molecule has 86 valence electrons. The van der Waals surface area contributed by atoms with Gasteiger partial charge in [0.1, 0.15) is 10.3 Å². The highest BCUT2D eigenvalue weighted by molar-refractivity contribution is 6.58. The standard InChI is InChI=1S/C9H8Cl2N2O3/c1-5(14)6(9(15)16)7(8(10)11)13-3-2-12-4-13/h2-4,6H,1H3,(H,15,16). The van der Waals surface area contributed by atoms with Crippen molar-refractivity contribution in [2.24, 2.45) is 5.92 Å². The van der Waals surface area contributed by atoms with Crippen molar-refractivity contribution < 1.29 is 14.7 Å². The number of Topliss-reactive ketones (excluding diaryl/α,β-unsaturated/α-hetero) is 1. The molecular weight excluding hydrogens is 255 g/mol. The average molecular weight is 263 g/mol. The number of imidazole rings is 1. The number of halogens is 2. The summed E-state index contributed by atoms with van der Waals surface area (Å²) in [5, 5.41) is 8.96. The molecule has 0 aromatic carbocycles. The van der Waals surface area contributed by atoms with Crippen molar-refractivity contribution in [3.63, 3.8) is 0 Å². The molecule has 0 saturated carbocycles. The Hall–Kier alpha value is -1.33. The fourth-order valence-electron chi connectivity index (χ4n) is 1.24. The summed E-state index contributed by atoms with van der Waals surface area (Å²) in [7, 11) is 0. The van der Waals surface area contributed by atoms with E-state index in [1.807, 2.05) is 0 Å². The monoisotopic (exact) mass is 262 g/mol. The number of carboxylic acid groups (broad SMARTS) is 1. The molecule has 1 N–H and O–H groups in total. The van der Waals surface area contributed by atoms with Gasteiger partial charge in [0.05, 0.1) is 12.0 Å². The number of hydrogen-bond acceptors (Lipinski definition) is 3. The molecule has 0 radical (unpaired) electrons. The van der Waals surface area contributed by atoms with E-state index in [1.54, 1.807) is 0 Å². The van der Waals surface area contributed by atoms with Crippen LogP contribution < -0.4 is 0 Å². The molecule has 0 bridgehead atoms. The lowest BCUT2D eigenvalue weighted by molar-refractivity contribution is -0.143. The molecule has 5 nitrogen and oxygen atoms in total. The van der Waals surface area contributed by atoms with Crippen LogP contribution in [0.5, 0.6) is 0 Å². The smallest absolute Gasteiger partial charge is 0.320 e. The lowest BCUT2D eigenvalue weighted by Crippen LogP contribution is -2.25. The Labute approximate surface area is 101 Å². The van der Waals surface area contributed by atoms with Gasteiger partial charge in [0, 0.05) is 12.4 Å². The summed E-state index contributed by atoms with van der Waals surface area (Å²) < 4.78 is 1.02. The van der Waals surface area contributed by atoms with Gasteiger partial charge < -0.3 is 9.67 Å². The molecule has 16 heavy (non-hydrogen) atoms. The van der Waals surface area contributed by atoms with Gasteiger partial charge in [0.15, 0.2) is 5.92 Å². The van der Waals surface area contributed by atoms with E-state index in [0.29, 0.717) is 0 Å². The first-order valence-corrected chi connectivity index (χ1v) is 4.97. The number of carbonyl (C=O) groups is 2. The van der Waals surface area contributed by atoms with E-state index in [-0.39, 0.29) is 10.2 Å². The average Bonchev–Trinajstić information content (AvgIpc) is 2.64. The zero-order valence-electron chi connectivity index (χ0n) is 8.22. The number of hydrogen-bond donors (Lipinski definition) is 1. The van der Waals surface area contributed by atoms with Crippen molar-refractivity contribution in [1.29, 1.82) is 0 Å². The number of ketones is 1. The Morgan fingerprint density at radius 2 is 2.06 bits per heavy atom. The molecule has 0 aliphatic rings. The molecule has 1 unspecified atom stereocenters. The fourth-order valence-corrected chi connectivity index (χ4v) is 1.65. The van der Waals surface area contributed by atoms with Gasteiger partial charge in [0.2, 0.25) is 0 Å². The van der Waals surface area contributed by atoms with Crippen LogP contribution >= 0.6 is 23.2 Å². The Kier molecular flexibility index (Phi) is 4.09. The normalized spacial score (nSPS) is 11.9. The second-order valence-corrected chi connectivity index (χ2v) is 3.95. The van der Waals surface area contributed by atoms with E-state index in [0.717, 1.165) is 6.92 Å². The zero-order valence-corrected chi connectivity index (χ0v) is 9.74. The third-order valence-electron chi connectivity index (χ3n) is 1.90. The van der Waals surface area contributed by atoms with Gasteiger partial charge in [-0.15, -0.1) is 0 Å². The molecule has 1 aromatic rings. The summed E-state index contributed by atoms with van der Waals surface area (Å²) in [6.45, 7) is 1.16. The number of carbonyl (C=O) groups excluding carboxylic acids is 1. The molecular formula is C9H8Cl2N2O3. The Bertz CT molecular complexity index is 422. The maximum Gasteiger partial charge on any atom is 0.320 e. The molecule has 1 atom stereocenters. The SMILES string of the molecule is CC(=O)C(C(=O)O)C(=C(Cl)Cl)n1ccnc1. The minimum atomic E-state index is -1.40. The molecule has 1 rings (SSSR count). The summed E-state index contributed by atoms with van der Waals surface area (Å²) in [5.74, 6) is -3.27. The number of aliphatic carboxylic acids is 1. The summed E-state index contributed by atoms with van der Waals surface area (Å²) >= 11 is 11.2. The molecule has 1 heterocycles. The first-order valence-electron chi connectivity index (χ1n) is 4.22. The van der Waals surface area contributed by atoms with E-state index in [9.17, 15) is 9.59 Å². The third-order valence-corrected chi connectivity index (χ3v) is 2.29. The van der Waals surface area contributed by atoms with Crippen LogP contribution in [0, 0.1) is 5.92 Å². The van der Waals surface area contributed by atoms with Crippen LogP contribution in [0.2, 0.25) is 0 Å². The van der Waals surface area contributed by atoms with Crippen LogP contribution in [0.4, 0.5) is 0 Å². The van der Waals surface area contributed by atoms with Gasteiger partial charge in [-0.05, 0) is 6.92 Å². The molecule has 0 aliphatic carbocycles. The van der Waals surface area contributed by atoms with Gasteiger partial charge in [-0.25, -0.2) is 4.98 Å². The molecule has 0 fully saturated rings. The van der Waals surface area contributed by atoms with Crippen molar-refractivity contribution in [1.82, 2.24) is 9.55 Å². The van der Waals surface area contributed by atoms with Crippen molar-refractivity contribution in [2.45, 2.75) is 6.92 Å². The topological polar surface area (TPSA) is 72.2 Å². The predicted octanol–water partition coefficient (Wildman–Crippen LogP) is 1.78. The van der Waals surface area contributed by atoms with Crippen LogP contribution in [-0.4, -0.2) is 26.4 Å². The van der Waals surface area contributed by atoms with Gasteiger partial charge >= 0.3 is 5.97 Å². The van der Waals surface area contributed by atoms with Gasteiger partial charge in [0.25, 0.3) is 0 Å². The quantitative estimate of drug-likeness (QED) is 0.840. The van der Waals surface area contributed by atoms with Crippen molar-refractivity contribution in [2.75, 3.05) is 0 Å². The van der Waals surface area contributed by atoms with E-state index in [2.05, 4.69) is 4.98 Å². The third kappa shape index (κ3) is 2.62. The van der Waals surface area contributed by atoms with Crippen LogP contribution in [0.15, 0.2) is 23.2 Å². The van der Waals surface area contributed by atoms with Gasteiger partial charge in [-0.1, -0.05) is 23.2 Å². The Morgan fingerprint density at radius 3 is 2.38 bits per heavy atom. The van der Waals surface area contributed by atoms with Gasteiger partial charge in [-0.2, -0.15) is 0 Å². The van der Waals surface area contributed by atoms with Crippen LogP contribution in [-0.2, 0) is 9.59 Å². The largest absolute Gasteiger partial charge is 0.480 e. The number of carboxylic acids is 1. The van der Waals surface area contributed by atoms with Crippen LogP contribution in [0.1, 0.15) is 6.92 Å². The highest BCUT2D eigenvalue weighted by Gasteiger charge is 2.30. The maximum atomic E-state index is 11.3. The fraction of sp³-hybridized carbons (Fsp3) is 0.222. The molecule has 0 spiro atoms. The number of rotatable bonds is 4. The molecule has 7 heteroatoms. The molecule has 0 saturated heterocycles. The van der Waals surface area contributed by atoms with E-state index >= 15 is 0 Å². The molecule has 0 aliphatic heterocycles. The zero-order chi connectivity index (χ0) is 12.3. The van der Waals surface area contributed by atoms with E-state index < -0.39 is 17.7 Å². The lowest BCUT2D eigenvalue weighted by atomic mass is 10.0. The second kappa shape index (κ2) is 5.14. The summed E-state index contributed by atoms with van der Waals surface area (Å²) in [6.07, 6.45) is 4.20. The highest BCUT2D eigenvalue weighted by atomic mass is 35.5. The summed E-state index contributed by atoms with van der Waals surface area (Å²) in [5.41, 5.74) is -0.0131. The Morgan fingerprint density at radius 1 is 1.44 bits per heavy atom. The minimum Gasteiger partial charge on any atom is -0.480 e.